The lowest BCUT2D eigenvalue weighted by molar-refractivity contribution is -0.145. The number of hydrogen-bond donors (Lipinski definition) is 3. The minimum absolute atomic E-state index is 0.0700. The summed E-state index contributed by atoms with van der Waals surface area (Å²) in [7, 11) is 1.29. The number of carbonyl (C=O) groups excluding carboxylic acids is 3. The number of para-hydroxylation sites is 1. The normalized spacial score (nSPS) is 14.4. The van der Waals surface area contributed by atoms with Crippen LogP contribution in [-0.2, 0) is 32.1 Å². The Labute approximate surface area is 215 Å². The number of hydrogen-bond acceptors (Lipinski definition) is 5. The Morgan fingerprint density at radius 2 is 1.76 bits per heavy atom. The Bertz CT molecular complexity index is 1300. The van der Waals surface area contributed by atoms with Crippen molar-refractivity contribution < 1.29 is 23.9 Å². The molecule has 2 amide bonds. The van der Waals surface area contributed by atoms with Crippen LogP contribution in [0.1, 0.15) is 30.4 Å². The number of benzene rings is 2. The van der Waals surface area contributed by atoms with Gasteiger partial charge in [0.15, 0.2) is 0 Å². The van der Waals surface area contributed by atoms with Crippen LogP contribution in [0.2, 0.25) is 0 Å². The van der Waals surface area contributed by atoms with Crippen LogP contribution >= 0.6 is 0 Å². The van der Waals surface area contributed by atoms with Gasteiger partial charge in [0.2, 0.25) is 5.91 Å². The van der Waals surface area contributed by atoms with E-state index in [2.05, 4.69) is 21.7 Å². The summed E-state index contributed by atoms with van der Waals surface area (Å²) in [5.41, 5.74) is 3.65. The van der Waals surface area contributed by atoms with Gasteiger partial charge in [0.1, 0.15) is 18.7 Å². The highest BCUT2D eigenvalue weighted by molar-refractivity contribution is 5.91. The smallest absolute Gasteiger partial charge is 0.408 e. The Kier molecular flexibility index (Phi) is 8.75. The van der Waals surface area contributed by atoms with Crippen LogP contribution in [0.4, 0.5) is 4.79 Å². The SMILES string of the molecule is COC(=O)[C@H](CC1=CC=CCC1)NC(=O)[C@H](Cc1c[nH]c2ccccc12)NC(=O)OCc1ccccc1. The van der Waals surface area contributed by atoms with E-state index in [0.717, 1.165) is 40.4 Å². The molecule has 2 aromatic carbocycles. The van der Waals surface area contributed by atoms with Gasteiger partial charge in [-0.3, -0.25) is 4.79 Å². The molecule has 0 fully saturated rings. The maximum atomic E-state index is 13.5. The molecule has 1 aliphatic carbocycles. The van der Waals surface area contributed by atoms with E-state index in [-0.39, 0.29) is 13.0 Å². The molecular formula is C29H31N3O5. The zero-order chi connectivity index (χ0) is 26.0. The highest BCUT2D eigenvalue weighted by atomic mass is 16.5. The first-order chi connectivity index (χ1) is 18.0. The Balaban J connectivity index is 1.50. The summed E-state index contributed by atoms with van der Waals surface area (Å²) in [5, 5.41) is 6.43. The summed E-state index contributed by atoms with van der Waals surface area (Å²) in [6.45, 7) is 0.0700. The van der Waals surface area contributed by atoms with Gasteiger partial charge in [-0.1, -0.05) is 72.3 Å². The van der Waals surface area contributed by atoms with E-state index in [1.807, 2.05) is 72.9 Å². The molecule has 1 aromatic heterocycles. The molecule has 0 saturated carbocycles. The molecule has 2 atom stereocenters. The second kappa shape index (κ2) is 12.6. The number of rotatable bonds is 10. The standard InChI is InChI=1S/C29H31N3O5/c1-36-28(34)26(16-20-10-4-2-5-11-20)31-27(33)25(17-22-18-30-24-15-9-8-14-23(22)24)32-29(35)37-19-21-12-6-3-7-13-21/h2-4,6-10,12-15,18,25-26,30H,5,11,16-17,19H2,1H3,(H,31,33)(H,32,35)/t25-,26-/m0/s1. The van der Waals surface area contributed by atoms with Crippen molar-refractivity contribution in [1.29, 1.82) is 0 Å². The van der Waals surface area contributed by atoms with Crippen molar-refractivity contribution in [1.82, 2.24) is 15.6 Å². The minimum Gasteiger partial charge on any atom is -0.467 e. The van der Waals surface area contributed by atoms with Gasteiger partial charge < -0.3 is 25.1 Å². The topological polar surface area (TPSA) is 110 Å². The molecular weight excluding hydrogens is 470 g/mol. The molecule has 0 radical (unpaired) electrons. The summed E-state index contributed by atoms with van der Waals surface area (Å²) in [6.07, 6.45) is 9.27. The van der Waals surface area contributed by atoms with Crippen LogP contribution in [0.25, 0.3) is 10.9 Å². The number of alkyl carbamates (subject to hydrolysis) is 1. The molecule has 1 heterocycles. The third kappa shape index (κ3) is 7.10. The summed E-state index contributed by atoms with van der Waals surface area (Å²) < 4.78 is 10.3. The minimum atomic E-state index is -0.977. The van der Waals surface area contributed by atoms with Crippen molar-refractivity contribution in [2.24, 2.45) is 0 Å². The molecule has 0 saturated heterocycles. The first kappa shape index (κ1) is 25.8. The van der Waals surface area contributed by atoms with Crippen molar-refractivity contribution in [3.8, 4) is 0 Å². The number of ether oxygens (including phenoxy) is 2. The van der Waals surface area contributed by atoms with Crippen LogP contribution < -0.4 is 10.6 Å². The van der Waals surface area contributed by atoms with Crippen LogP contribution in [0.15, 0.2) is 84.6 Å². The molecule has 4 rings (SSSR count). The van der Waals surface area contributed by atoms with E-state index < -0.39 is 30.1 Å². The number of nitrogens with one attached hydrogen (secondary N) is 3. The van der Waals surface area contributed by atoms with E-state index in [1.54, 1.807) is 0 Å². The molecule has 0 aliphatic heterocycles. The maximum Gasteiger partial charge on any atom is 0.408 e. The lowest BCUT2D eigenvalue weighted by atomic mass is 9.97. The lowest BCUT2D eigenvalue weighted by Crippen LogP contribution is -2.52. The van der Waals surface area contributed by atoms with E-state index >= 15 is 0 Å². The van der Waals surface area contributed by atoms with Crippen molar-refractivity contribution in [3.05, 3.63) is 95.7 Å². The number of aromatic amines is 1. The summed E-state index contributed by atoms with van der Waals surface area (Å²) >= 11 is 0. The molecule has 0 unspecified atom stereocenters. The third-order valence-corrected chi connectivity index (χ3v) is 6.29. The number of aromatic nitrogens is 1. The zero-order valence-corrected chi connectivity index (χ0v) is 20.7. The van der Waals surface area contributed by atoms with E-state index in [0.29, 0.717) is 6.42 Å². The van der Waals surface area contributed by atoms with Crippen molar-refractivity contribution in [2.45, 2.75) is 44.4 Å². The van der Waals surface area contributed by atoms with Gasteiger partial charge in [0.05, 0.1) is 7.11 Å². The van der Waals surface area contributed by atoms with Gasteiger partial charge >= 0.3 is 12.1 Å². The molecule has 37 heavy (non-hydrogen) atoms. The van der Waals surface area contributed by atoms with Crippen LogP contribution in [0.3, 0.4) is 0 Å². The predicted octanol–water partition coefficient (Wildman–Crippen LogP) is 4.33. The average Bonchev–Trinajstić information content (AvgIpc) is 3.34. The second-order valence-electron chi connectivity index (χ2n) is 8.90. The number of amides is 2. The summed E-state index contributed by atoms with van der Waals surface area (Å²) in [6, 6.07) is 15.2. The molecule has 1 aliphatic rings. The lowest BCUT2D eigenvalue weighted by Gasteiger charge is -2.23. The number of carbonyl (C=O) groups is 3. The van der Waals surface area contributed by atoms with E-state index in [1.165, 1.54) is 7.11 Å². The fourth-order valence-corrected chi connectivity index (χ4v) is 4.33. The van der Waals surface area contributed by atoms with Crippen LogP contribution in [-0.4, -0.2) is 42.1 Å². The van der Waals surface area contributed by atoms with Gasteiger partial charge in [-0.25, -0.2) is 9.59 Å². The second-order valence-corrected chi connectivity index (χ2v) is 8.90. The average molecular weight is 502 g/mol. The Morgan fingerprint density at radius 3 is 2.51 bits per heavy atom. The number of methoxy groups -OCH3 is 1. The quantitative estimate of drug-likeness (QED) is 0.358. The van der Waals surface area contributed by atoms with Gasteiger partial charge in [0.25, 0.3) is 0 Å². The van der Waals surface area contributed by atoms with Gasteiger partial charge in [0, 0.05) is 23.5 Å². The van der Waals surface area contributed by atoms with Crippen molar-refractivity contribution >= 4 is 28.9 Å². The predicted molar refractivity (Wildman–Crippen MR) is 141 cm³/mol. The van der Waals surface area contributed by atoms with Crippen LogP contribution in [0.5, 0.6) is 0 Å². The first-order valence-electron chi connectivity index (χ1n) is 12.3. The molecule has 3 N–H and O–H groups in total. The molecule has 0 bridgehead atoms. The number of allylic oxidation sites excluding steroid dienone is 3. The van der Waals surface area contributed by atoms with E-state index in [9.17, 15) is 14.4 Å². The first-order valence-corrected chi connectivity index (χ1v) is 12.3. The zero-order valence-electron chi connectivity index (χ0n) is 20.7. The maximum absolute atomic E-state index is 13.5. The number of fused-ring (bicyclic) bond motifs is 1. The Morgan fingerprint density at radius 1 is 0.973 bits per heavy atom. The highest BCUT2D eigenvalue weighted by Gasteiger charge is 2.29. The van der Waals surface area contributed by atoms with Crippen molar-refractivity contribution in [3.63, 3.8) is 0 Å². The Hall–Kier alpha value is -4.33. The number of esters is 1. The molecule has 8 heteroatoms. The molecule has 3 aromatic rings. The fourth-order valence-electron chi connectivity index (χ4n) is 4.33. The largest absolute Gasteiger partial charge is 0.467 e. The summed E-state index contributed by atoms with van der Waals surface area (Å²) in [4.78, 5) is 41.9. The van der Waals surface area contributed by atoms with Gasteiger partial charge in [-0.05, 0) is 36.5 Å². The third-order valence-electron chi connectivity index (χ3n) is 6.29. The van der Waals surface area contributed by atoms with Crippen molar-refractivity contribution in [2.75, 3.05) is 7.11 Å². The number of H-pyrrole nitrogens is 1. The molecule has 0 spiro atoms. The molecule has 8 nitrogen and oxygen atoms in total. The van der Waals surface area contributed by atoms with Gasteiger partial charge in [-0.15, -0.1) is 0 Å². The highest BCUT2D eigenvalue weighted by Crippen LogP contribution is 2.20. The van der Waals surface area contributed by atoms with Crippen LogP contribution in [0, 0.1) is 0 Å². The monoisotopic (exact) mass is 501 g/mol. The molecule has 192 valence electrons. The van der Waals surface area contributed by atoms with Gasteiger partial charge in [-0.2, -0.15) is 0 Å². The summed E-state index contributed by atoms with van der Waals surface area (Å²) in [5.74, 6) is -1.04. The fraction of sp³-hybridized carbons (Fsp3) is 0.276. The van der Waals surface area contributed by atoms with E-state index in [4.69, 9.17) is 9.47 Å².